The zero-order valence-electron chi connectivity index (χ0n) is 12.0. The summed E-state index contributed by atoms with van der Waals surface area (Å²) in [6, 6.07) is 11.9. The summed E-state index contributed by atoms with van der Waals surface area (Å²) in [5, 5.41) is 3.38. The minimum Gasteiger partial charge on any atom is -0.383 e. The van der Waals surface area contributed by atoms with E-state index < -0.39 is 0 Å². The molecule has 108 valence electrons. The molecule has 0 fully saturated rings. The van der Waals surface area contributed by atoms with Crippen molar-refractivity contribution in [2.45, 2.75) is 19.3 Å². The van der Waals surface area contributed by atoms with Gasteiger partial charge >= 0.3 is 0 Å². The third-order valence-electron chi connectivity index (χ3n) is 3.72. The van der Waals surface area contributed by atoms with E-state index in [1.807, 2.05) is 47.5 Å². The van der Waals surface area contributed by atoms with E-state index in [1.165, 1.54) is 0 Å². The standard InChI is InChI=1S/C17H19N3O/c21-17(9-8-14-5-3-10-18-13-14)20-12-4-11-19-15-6-1-2-7-16(15)20/h1-3,5-7,10,13,19H,4,8-9,11-12H2. The Bertz CT molecular complexity index is 612. The van der Waals surface area contributed by atoms with Crippen LogP contribution in [0.25, 0.3) is 0 Å². The van der Waals surface area contributed by atoms with Crippen LogP contribution in [0.5, 0.6) is 0 Å². The maximum Gasteiger partial charge on any atom is 0.227 e. The molecule has 1 aromatic heterocycles. The first kappa shape index (κ1) is 13.6. The molecule has 0 bridgehead atoms. The van der Waals surface area contributed by atoms with Crippen LogP contribution < -0.4 is 10.2 Å². The van der Waals surface area contributed by atoms with Gasteiger partial charge in [-0.05, 0) is 36.6 Å². The number of rotatable bonds is 3. The summed E-state index contributed by atoms with van der Waals surface area (Å²) < 4.78 is 0. The van der Waals surface area contributed by atoms with Gasteiger partial charge in [0.15, 0.2) is 0 Å². The predicted octanol–water partition coefficient (Wildman–Crippen LogP) is 2.86. The number of nitrogens with one attached hydrogen (secondary N) is 1. The van der Waals surface area contributed by atoms with Gasteiger partial charge in [0.1, 0.15) is 0 Å². The minimum atomic E-state index is 0.176. The lowest BCUT2D eigenvalue weighted by molar-refractivity contribution is -0.118. The minimum absolute atomic E-state index is 0.176. The molecule has 1 aromatic carbocycles. The van der Waals surface area contributed by atoms with Gasteiger partial charge in [0.2, 0.25) is 5.91 Å². The zero-order valence-corrected chi connectivity index (χ0v) is 12.0. The normalized spacial score (nSPS) is 14.0. The number of carbonyl (C=O) groups excluding carboxylic acids is 1. The van der Waals surface area contributed by atoms with Crippen LogP contribution in [0.4, 0.5) is 11.4 Å². The van der Waals surface area contributed by atoms with Crippen molar-refractivity contribution in [1.29, 1.82) is 0 Å². The smallest absolute Gasteiger partial charge is 0.227 e. The average Bonchev–Trinajstić information content (AvgIpc) is 2.76. The lowest BCUT2D eigenvalue weighted by atomic mass is 10.1. The van der Waals surface area contributed by atoms with Gasteiger partial charge in [-0.25, -0.2) is 0 Å². The maximum atomic E-state index is 12.6. The number of amides is 1. The number of pyridine rings is 1. The first-order chi connectivity index (χ1) is 10.3. The number of benzene rings is 1. The molecule has 1 amide bonds. The Balaban J connectivity index is 1.72. The molecule has 0 saturated carbocycles. The highest BCUT2D eigenvalue weighted by molar-refractivity contribution is 5.97. The second kappa shape index (κ2) is 6.39. The first-order valence-corrected chi connectivity index (χ1v) is 7.37. The monoisotopic (exact) mass is 281 g/mol. The van der Waals surface area contributed by atoms with Gasteiger partial charge in [-0.1, -0.05) is 18.2 Å². The fourth-order valence-electron chi connectivity index (χ4n) is 2.63. The van der Waals surface area contributed by atoms with E-state index in [0.29, 0.717) is 6.42 Å². The molecule has 0 saturated heterocycles. The Hall–Kier alpha value is -2.36. The molecule has 0 spiro atoms. The summed E-state index contributed by atoms with van der Waals surface area (Å²) in [5.41, 5.74) is 3.14. The van der Waals surface area contributed by atoms with Gasteiger partial charge in [0.05, 0.1) is 11.4 Å². The van der Waals surface area contributed by atoms with E-state index in [0.717, 1.165) is 42.9 Å². The lowest BCUT2D eigenvalue weighted by Gasteiger charge is -2.22. The van der Waals surface area contributed by atoms with Crippen molar-refractivity contribution >= 4 is 17.3 Å². The predicted molar refractivity (Wildman–Crippen MR) is 84.5 cm³/mol. The summed E-state index contributed by atoms with van der Waals surface area (Å²) in [6.07, 6.45) is 5.79. The highest BCUT2D eigenvalue weighted by atomic mass is 16.2. The molecule has 3 rings (SSSR count). The van der Waals surface area contributed by atoms with Crippen molar-refractivity contribution < 1.29 is 4.79 Å². The highest BCUT2D eigenvalue weighted by Gasteiger charge is 2.20. The second-order valence-electron chi connectivity index (χ2n) is 5.20. The van der Waals surface area contributed by atoms with Crippen molar-refractivity contribution in [1.82, 2.24) is 4.98 Å². The van der Waals surface area contributed by atoms with Gasteiger partial charge in [-0.3, -0.25) is 9.78 Å². The number of hydrogen-bond acceptors (Lipinski definition) is 3. The molecule has 0 radical (unpaired) electrons. The molecular formula is C17H19N3O. The fourth-order valence-corrected chi connectivity index (χ4v) is 2.63. The quantitative estimate of drug-likeness (QED) is 0.941. The molecule has 1 N–H and O–H groups in total. The fraction of sp³-hybridized carbons (Fsp3) is 0.294. The third kappa shape index (κ3) is 3.21. The molecule has 1 aliphatic heterocycles. The van der Waals surface area contributed by atoms with Crippen LogP contribution >= 0.6 is 0 Å². The average molecular weight is 281 g/mol. The van der Waals surface area contributed by atoms with Gasteiger partial charge in [0.25, 0.3) is 0 Å². The number of aryl methyl sites for hydroxylation is 1. The zero-order chi connectivity index (χ0) is 14.5. The van der Waals surface area contributed by atoms with Crippen LogP contribution in [0.1, 0.15) is 18.4 Å². The molecule has 2 heterocycles. The van der Waals surface area contributed by atoms with E-state index >= 15 is 0 Å². The number of anilines is 2. The van der Waals surface area contributed by atoms with Gasteiger partial charge in [-0.15, -0.1) is 0 Å². The Kier molecular flexibility index (Phi) is 4.15. The van der Waals surface area contributed by atoms with Gasteiger partial charge < -0.3 is 10.2 Å². The second-order valence-corrected chi connectivity index (χ2v) is 5.20. The van der Waals surface area contributed by atoms with Crippen LogP contribution in [0, 0.1) is 0 Å². The topological polar surface area (TPSA) is 45.2 Å². The third-order valence-corrected chi connectivity index (χ3v) is 3.72. The summed E-state index contributed by atoms with van der Waals surface area (Å²) in [6.45, 7) is 1.68. The molecule has 0 aliphatic carbocycles. The van der Waals surface area contributed by atoms with Crippen molar-refractivity contribution in [2.24, 2.45) is 0 Å². The number of fused-ring (bicyclic) bond motifs is 1. The Labute approximate surface area is 124 Å². The van der Waals surface area contributed by atoms with Crippen LogP contribution in [0.15, 0.2) is 48.8 Å². The summed E-state index contributed by atoms with van der Waals surface area (Å²) in [5.74, 6) is 0.176. The Morgan fingerprint density at radius 1 is 1.24 bits per heavy atom. The van der Waals surface area contributed by atoms with E-state index in [9.17, 15) is 4.79 Å². The summed E-state index contributed by atoms with van der Waals surface area (Å²) in [7, 11) is 0. The number of carbonyl (C=O) groups is 1. The molecule has 21 heavy (non-hydrogen) atoms. The summed E-state index contributed by atoms with van der Waals surface area (Å²) in [4.78, 5) is 18.6. The van der Waals surface area contributed by atoms with E-state index in [1.54, 1.807) is 6.20 Å². The van der Waals surface area contributed by atoms with Crippen molar-refractivity contribution in [3.8, 4) is 0 Å². The molecule has 1 aliphatic rings. The van der Waals surface area contributed by atoms with Gasteiger partial charge in [0, 0.05) is 31.9 Å². The van der Waals surface area contributed by atoms with E-state index in [-0.39, 0.29) is 5.91 Å². The molecule has 0 unspecified atom stereocenters. The van der Waals surface area contributed by atoms with Crippen LogP contribution in [0.3, 0.4) is 0 Å². The maximum absolute atomic E-state index is 12.6. The first-order valence-electron chi connectivity index (χ1n) is 7.37. The number of aromatic nitrogens is 1. The van der Waals surface area contributed by atoms with E-state index in [2.05, 4.69) is 10.3 Å². The Morgan fingerprint density at radius 3 is 3.00 bits per heavy atom. The Morgan fingerprint density at radius 2 is 2.14 bits per heavy atom. The number of hydrogen-bond donors (Lipinski definition) is 1. The molecule has 0 atom stereocenters. The molecular weight excluding hydrogens is 262 g/mol. The van der Waals surface area contributed by atoms with Crippen LogP contribution in [0.2, 0.25) is 0 Å². The molecule has 4 heteroatoms. The molecule has 4 nitrogen and oxygen atoms in total. The van der Waals surface area contributed by atoms with Crippen LogP contribution in [-0.2, 0) is 11.2 Å². The van der Waals surface area contributed by atoms with E-state index in [4.69, 9.17) is 0 Å². The van der Waals surface area contributed by atoms with Crippen molar-refractivity contribution in [3.05, 3.63) is 54.4 Å². The lowest BCUT2D eigenvalue weighted by Crippen LogP contribution is -2.31. The largest absolute Gasteiger partial charge is 0.383 e. The van der Waals surface area contributed by atoms with Crippen molar-refractivity contribution in [2.75, 3.05) is 23.3 Å². The highest BCUT2D eigenvalue weighted by Crippen LogP contribution is 2.28. The van der Waals surface area contributed by atoms with Gasteiger partial charge in [-0.2, -0.15) is 0 Å². The van der Waals surface area contributed by atoms with Crippen LogP contribution in [-0.4, -0.2) is 24.0 Å². The molecule has 2 aromatic rings. The summed E-state index contributed by atoms with van der Waals surface area (Å²) >= 11 is 0. The van der Waals surface area contributed by atoms with Crippen molar-refractivity contribution in [3.63, 3.8) is 0 Å². The SMILES string of the molecule is O=C(CCc1cccnc1)N1CCCNc2ccccc21. The number of para-hydroxylation sites is 2. The number of nitrogens with zero attached hydrogens (tertiary/aromatic N) is 2.